The summed E-state index contributed by atoms with van der Waals surface area (Å²) in [7, 11) is 1.41. The molecular weight excluding hydrogens is 224 g/mol. The van der Waals surface area contributed by atoms with Gasteiger partial charge in [0.15, 0.2) is 5.78 Å². The van der Waals surface area contributed by atoms with Crippen molar-refractivity contribution in [1.82, 2.24) is 0 Å². The zero-order valence-corrected chi connectivity index (χ0v) is 9.32. The van der Waals surface area contributed by atoms with E-state index in [1.165, 1.54) is 19.1 Å². The van der Waals surface area contributed by atoms with Gasteiger partial charge in [-0.15, -0.1) is 0 Å². The Hall–Kier alpha value is -0.870. The van der Waals surface area contributed by atoms with E-state index >= 15 is 0 Å². The molecule has 0 spiro atoms. The van der Waals surface area contributed by atoms with Crippen LogP contribution in [0.5, 0.6) is 0 Å². The Bertz CT molecular complexity index is 477. The number of hydrogen-bond acceptors (Lipinski definition) is 3. The number of aryl methyl sites for hydroxylation is 1. The average Bonchev–Trinajstić information content (AvgIpc) is 2.01. The monoisotopic (exact) mass is 232 g/mol. The number of carbonyl (C=O) groups is 1. The Morgan fingerprint density at radius 2 is 1.86 bits per heavy atom. The summed E-state index contributed by atoms with van der Waals surface area (Å²) in [5.41, 5.74) is 1.04. The van der Waals surface area contributed by atoms with E-state index in [1.807, 2.05) is 0 Å². The summed E-state index contributed by atoms with van der Waals surface area (Å²) in [5, 5.41) is 0. The van der Waals surface area contributed by atoms with Gasteiger partial charge >= 0.3 is 0 Å². The SMILES string of the molecule is CC(=O)c1cc(C)cc(S(=O)(=O)Cl)c1. The van der Waals surface area contributed by atoms with E-state index in [1.54, 1.807) is 13.0 Å². The van der Waals surface area contributed by atoms with Gasteiger partial charge in [-0.25, -0.2) is 8.42 Å². The molecule has 3 nitrogen and oxygen atoms in total. The van der Waals surface area contributed by atoms with Crippen molar-refractivity contribution in [3.05, 3.63) is 29.3 Å². The highest BCUT2D eigenvalue weighted by Gasteiger charge is 2.12. The highest BCUT2D eigenvalue weighted by molar-refractivity contribution is 8.13. The molecule has 0 saturated heterocycles. The lowest BCUT2D eigenvalue weighted by atomic mass is 10.1. The summed E-state index contributed by atoms with van der Waals surface area (Å²) in [4.78, 5) is 11.0. The molecule has 0 aliphatic carbocycles. The zero-order valence-electron chi connectivity index (χ0n) is 7.74. The molecule has 0 fully saturated rings. The second kappa shape index (κ2) is 3.71. The standard InChI is InChI=1S/C9H9ClO3S/c1-6-3-8(7(2)11)5-9(4-6)14(10,12)13/h3-5H,1-2H3. The molecule has 0 aromatic heterocycles. The van der Waals surface area contributed by atoms with Crippen molar-refractivity contribution >= 4 is 25.5 Å². The van der Waals surface area contributed by atoms with Gasteiger partial charge in [-0.1, -0.05) is 0 Å². The van der Waals surface area contributed by atoms with E-state index in [9.17, 15) is 13.2 Å². The summed E-state index contributed by atoms with van der Waals surface area (Å²) in [5.74, 6) is -0.185. The van der Waals surface area contributed by atoms with E-state index < -0.39 is 9.05 Å². The second-order valence-corrected chi connectivity index (χ2v) is 5.59. The summed E-state index contributed by atoms with van der Waals surface area (Å²) in [6.07, 6.45) is 0. The summed E-state index contributed by atoms with van der Waals surface area (Å²) >= 11 is 0. The first kappa shape index (κ1) is 11.2. The molecule has 0 aliphatic rings. The van der Waals surface area contributed by atoms with Crippen molar-refractivity contribution < 1.29 is 13.2 Å². The molecule has 0 aliphatic heterocycles. The summed E-state index contributed by atoms with van der Waals surface area (Å²) in [6, 6.07) is 4.32. The van der Waals surface area contributed by atoms with E-state index in [0.717, 1.165) is 0 Å². The molecule has 0 amide bonds. The van der Waals surface area contributed by atoms with Gasteiger partial charge in [0.05, 0.1) is 4.90 Å². The normalized spacial score (nSPS) is 11.4. The van der Waals surface area contributed by atoms with Gasteiger partial charge in [-0.3, -0.25) is 4.79 Å². The van der Waals surface area contributed by atoms with Crippen molar-refractivity contribution in [2.24, 2.45) is 0 Å². The number of halogens is 1. The fourth-order valence-electron chi connectivity index (χ4n) is 1.09. The maximum atomic E-state index is 11.0. The number of Topliss-reactive ketones (excluding diaryl/α,β-unsaturated/α-hetero) is 1. The van der Waals surface area contributed by atoms with Crippen molar-refractivity contribution in [2.75, 3.05) is 0 Å². The van der Waals surface area contributed by atoms with Crippen molar-refractivity contribution in [3.63, 3.8) is 0 Å². The molecule has 0 heterocycles. The molecule has 0 saturated carbocycles. The second-order valence-electron chi connectivity index (χ2n) is 3.03. The fourth-order valence-corrected chi connectivity index (χ4v) is 1.95. The predicted octanol–water partition coefficient (Wildman–Crippen LogP) is 2.13. The van der Waals surface area contributed by atoms with Crippen LogP contribution in [0.2, 0.25) is 0 Å². The zero-order chi connectivity index (χ0) is 10.9. The van der Waals surface area contributed by atoms with Crippen LogP contribution in [0.3, 0.4) is 0 Å². The Morgan fingerprint density at radius 1 is 1.29 bits per heavy atom. The maximum absolute atomic E-state index is 11.0. The third kappa shape index (κ3) is 2.56. The highest BCUT2D eigenvalue weighted by Crippen LogP contribution is 2.18. The van der Waals surface area contributed by atoms with Gasteiger partial charge < -0.3 is 0 Å². The Balaban J connectivity index is 3.43. The van der Waals surface area contributed by atoms with Gasteiger partial charge in [0, 0.05) is 16.2 Å². The third-order valence-electron chi connectivity index (χ3n) is 1.74. The van der Waals surface area contributed by atoms with Crippen molar-refractivity contribution in [3.8, 4) is 0 Å². The van der Waals surface area contributed by atoms with Crippen LogP contribution >= 0.6 is 10.7 Å². The molecule has 1 aromatic rings. The minimum absolute atomic E-state index is 0.0376. The lowest BCUT2D eigenvalue weighted by molar-refractivity contribution is 0.101. The lowest BCUT2D eigenvalue weighted by Crippen LogP contribution is -1.98. The van der Waals surface area contributed by atoms with Crippen LogP contribution in [0.4, 0.5) is 0 Å². The van der Waals surface area contributed by atoms with E-state index in [2.05, 4.69) is 0 Å². The number of rotatable bonds is 2. The summed E-state index contributed by atoms with van der Waals surface area (Å²) in [6.45, 7) is 3.08. The molecule has 0 radical (unpaired) electrons. The van der Waals surface area contributed by atoms with E-state index in [-0.39, 0.29) is 10.7 Å². The number of carbonyl (C=O) groups excluding carboxylic acids is 1. The topological polar surface area (TPSA) is 51.2 Å². The predicted molar refractivity (Wildman–Crippen MR) is 54.2 cm³/mol. The van der Waals surface area contributed by atoms with Crippen LogP contribution < -0.4 is 0 Å². The quantitative estimate of drug-likeness (QED) is 0.580. The maximum Gasteiger partial charge on any atom is 0.261 e. The van der Waals surface area contributed by atoms with Crippen LogP contribution in [0, 0.1) is 6.92 Å². The van der Waals surface area contributed by atoms with Gasteiger partial charge in [0.25, 0.3) is 9.05 Å². The van der Waals surface area contributed by atoms with E-state index in [4.69, 9.17) is 10.7 Å². The van der Waals surface area contributed by atoms with Crippen molar-refractivity contribution in [1.29, 1.82) is 0 Å². The van der Waals surface area contributed by atoms with Crippen molar-refractivity contribution in [2.45, 2.75) is 18.7 Å². The minimum Gasteiger partial charge on any atom is -0.295 e. The lowest BCUT2D eigenvalue weighted by Gasteiger charge is -2.01. The van der Waals surface area contributed by atoms with Gasteiger partial charge in [0.1, 0.15) is 0 Å². The largest absolute Gasteiger partial charge is 0.295 e. The molecule has 1 aromatic carbocycles. The first-order valence-electron chi connectivity index (χ1n) is 3.88. The van der Waals surface area contributed by atoms with Crippen LogP contribution in [0.15, 0.2) is 23.1 Å². The molecule has 0 atom stereocenters. The Morgan fingerprint density at radius 3 is 2.29 bits per heavy atom. The average molecular weight is 233 g/mol. The fraction of sp³-hybridized carbons (Fsp3) is 0.222. The minimum atomic E-state index is -3.76. The van der Waals surface area contributed by atoms with Crippen LogP contribution in [0.1, 0.15) is 22.8 Å². The van der Waals surface area contributed by atoms with Crippen LogP contribution in [-0.4, -0.2) is 14.2 Å². The molecule has 5 heteroatoms. The summed E-state index contributed by atoms with van der Waals surface area (Å²) < 4.78 is 22.0. The first-order chi connectivity index (χ1) is 6.30. The molecule has 1 rings (SSSR count). The van der Waals surface area contributed by atoms with Gasteiger partial charge in [-0.05, 0) is 37.6 Å². The van der Waals surface area contributed by atoms with Gasteiger partial charge in [-0.2, -0.15) is 0 Å². The Kier molecular flexibility index (Phi) is 2.97. The van der Waals surface area contributed by atoms with Crippen LogP contribution in [0.25, 0.3) is 0 Å². The molecule has 0 N–H and O–H groups in total. The highest BCUT2D eigenvalue weighted by atomic mass is 35.7. The Labute approximate surface area is 87.1 Å². The number of hydrogen-bond donors (Lipinski definition) is 0. The number of ketones is 1. The molecule has 76 valence electrons. The molecule has 14 heavy (non-hydrogen) atoms. The van der Waals surface area contributed by atoms with Gasteiger partial charge in [0.2, 0.25) is 0 Å². The smallest absolute Gasteiger partial charge is 0.261 e. The number of benzene rings is 1. The molecule has 0 unspecified atom stereocenters. The first-order valence-corrected chi connectivity index (χ1v) is 6.19. The third-order valence-corrected chi connectivity index (χ3v) is 3.07. The molecular formula is C9H9ClO3S. The van der Waals surface area contributed by atoms with Crippen LogP contribution in [-0.2, 0) is 9.05 Å². The van der Waals surface area contributed by atoms with E-state index in [0.29, 0.717) is 11.1 Å². The molecule has 0 bridgehead atoms.